The molecule has 0 saturated carbocycles. The van der Waals surface area contributed by atoms with Gasteiger partial charge in [0.1, 0.15) is 0 Å². The summed E-state index contributed by atoms with van der Waals surface area (Å²) in [5.74, 6) is 0.00770. The Balaban J connectivity index is 1.46. The van der Waals surface area contributed by atoms with Gasteiger partial charge in [0, 0.05) is 13.2 Å². The van der Waals surface area contributed by atoms with Gasteiger partial charge in [-0.25, -0.2) is 8.42 Å². The Labute approximate surface area is 168 Å². The Morgan fingerprint density at radius 3 is 2.57 bits per heavy atom. The average molecular weight is 411 g/mol. The van der Waals surface area contributed by atoms with Gasteiger partial charge in [-0.2, -0.15) is 4.31 Å². The van der Waals surface area contributed by atoms with Crippen molar-refractivity contribution in [1.82, 2.24) is 9.62 Å². The van der Waals surface area contributed by atoms with E-state index in [9.17, 15) is 13.2 Å². The molecule has 2 aliphatic rings. The first kappa shape index (κ1) is 21.2. The van der Waals surface area contributed by atoms with Crippen molar-refractivity contribution in [3.05, 3.63) is 29.8 Å². The lowest BCUT2D eigenvalue weighted by molar-refractivity contribution is -0.895. The second kappa shape index (κ2) is 9.82. The minimum Gasteiger partial charge on any atom is -0.376 e. The van der Waals surface area contributed by atoms with Crippen LogP contribution in [0.5, 0.6) is 0 Å². The highest BCUT2D eigenvalue weighted by molar-refractivity contribution is 7.89. The van der Waals surface area contributed by atoms with Crippen molar-refractivity contribution < 1.29 is 22.8 Å². The molecule has 1 aromatic rings. The van der Waals surface area contributed by atoms with Crippen LogP contribution in [0.4, 0.5) is 0 Å². The summed E-state index contributed by atoms with van der Waals surface area (Å²) >= 11 is 0. The fraction of sp³-hybridized carbons (Fsp3) is 0.650. The minimum atomic E-state index is -3.46. The fourth-order valence-corrected chi connectivity index (χ4v) is 5.25. The van der Waals surface area contributed by atoms with Gasteiger partial charge >= 0.3 is 0 Å². The zero-order valence-electron chi connectivity index (χ0n) is 16.7. The number of sulfonamides is 1. The summed E-state index contributed by atoms with van der Waals surface area (Å²) in [5.41, 5.74) is 1.16. The molecule has 2 aliphatic heterocycles. The smallest absolute Gasteiger partial charge is 0.275 e. The number of nitrogens with one attached hydrogen (secondary N) is 2. The van der Waals surface area contributed by atoms with Crippen molar-refractivity contribution in [2.24, 2.45) is 0 Å². The number of rotatable bonds is 8. The third kappa shape index (κ3) is 5.53. The SMILES string of the molecule is CCCc1ccc(S(=O)(=O)N2CC[NH+](CC(=O)NC[C@@H]3CCCO3)CC2)cc1. The average Bonchev–Trinajstić information content (AvgIpc) is 3.21. The highest BCUT2D eigenvalue weighted by atomic mass is 32.2. The van der Waals surface area contributed by atoms with Gasteiger partial charge in [0.15, 0.2) is 6.54 Å². The zero-order valence-corrected chi connectivity index (χ0v) is 17.5. The number of aryl methyl sites for hydroxylation is 1. The second-order valence-corrected chi connectivity index (χ2v) is 9.60. The molecule has 2 saturated heterocycles. The molecule has 28 heavy (non-hydrogen) atoms. The number of hydrogen-bond acceptors (Lipinski definition) is 4. The zero-order chi connectivity index (χ0) is 20.0. The first-order valence-corrected chi connectivity index (χ1v) is 11.7. The summed E-state index contributed by atoms with van der Waals surface area (Å²) in [7, 11) is -3.46. The van der Waals surface area contributed by atoms with Gasteiger partial charge < -0.3 is 15.0 Å². The number of nitrogens with zero attached hydrogens (tertiary/aromatic N) is 1. The van der Waals surface area contributed by atoms with Crippen molar-refractivity contribution in [2.75, 3.05) is 45.9 Å². The maximum absolute atomic E-state index is 12.9. The number of quaternary nitrogens is 1. The molecule has 0 aliphatic carbocycles. The topological polar surface area (TPSA) is 80.2 Å². The van der Waals surface area contributed by atoms with E-state index in [0.717, 1.165) is 42.8 Å². The molecular weight excluding hydrogens is 378 g/mol. The molecule has 7 nitrogen and oxygen atoms in total. The molecule has 1 aromatic carbocycles. The number of hydrogen-bond donors (Lipinski definition) is 2. The van der Waals surface area contributed by atoms with E-state index in [-0.39, 0.29) is 12.0 Å². The Bertz CT molecular complexity index is 737. The van der Waals surface area contributed by atoms with E-state index in [2.05, 4.69) is 12.2 Å². The van der Waals surface area contributed by atoms with E-state index in [0.29, 0.717) is 44.2 Å². The Kier molecular flexibility index (Phi) is 7.45. The number of amides is 1. The molecule has 8 heteroatoms. The largest absolute Gasteiger partial charge is 0.376 e. The number of carbonyl (C=O) groups is 1. The minimum absolute atomic E-state index is 0.00770. The highest BCUT2D eigenvalue weighted by Crippen LogP contribution is 2.17. The Morgan fingerprint density at radius 2 is 1.96 bits per heavy atom. The number of carbonyl (C=O) groups excluding carboxylic acids is 1. The molecule has 1 atom stereocenters. The molecule has 156 valence electrons. The van der Waals surface area contributed by atoms with Crippen LogP contribution in [0.2, 0.25) is 0 Å². The van der Waals surface area contributed by atoms with Gasteiger partial charge in [-0.1, -0.05) is 25.5 Å². The summed E-state index contributed by atoms with van der Waals surface area (Å²) < 4.78 is 32.8. The maximum atomic E-state index is 12.9. The molecule has 2 heterocycles. The summed E-state index contributed by atoms with van der Waals surface area (Å²) in [6.07, 6.45) is 4.20. The fourth-order valence-electron chi connectivity index (χ4n) is 3.81. The number of piperazine rings is 1. The third-order valence-electron chi connectivity index (χ3n) is 5.49. The monoisotopic (exact) mass is 410 g/mol. The van der Waals surface area contributed by atoms with Gasteiger partial charge in [0.05, 0.1) is 37.2 Å². The number of ether oxygens (including phenoxy) is 1. The van der Waals surface area contributed by atoms with Crippen LogP contribution in [-0.4, -0.2) is 70.6 Å². The van der Waals surface area contributed by atoms with Crippen LogP contribution in [-0.2, 0) is 26.0 Å². The molecule has 3 rings (SSSR count). The third-order valence-corrected chi connectivity index (χ3v) is 7.40. The van der Waals surface area contributed by atoms with Crippen LogP contribution in [0.3, 0.4) is 0 Å². The van der Waals surface area contributed by atoms with Gasteiger partial charge in [-0.05, 0) is 37.0 Å². The van der Waals surface area contributed by atoms with Crippen molar-refractivity contribution in [3.63, 3.8) is 0 Å². The first-order valence-electron chi connectivity index (χ1n) is 10.3. The molecule has 0 unspecified atom stereocenters. The van der Waals surface area contributed by atoms with E-state index < -0.39 is 10.0 Å². The number of benzene rings is 1. The van der Waals surface area contributed by atoms with Crippen molar-refractivity contribution in [1.29, 1.82) is 0 Å². The lowest BCUT2D eigenvalue weighted by Crippen LogP contribution is -3.15. The van der Waals surface area contributed by atoms with Crippen molar-refractivity contribution >= 4 is 15.9 Å². The summed E-state index contributed by atoms with van der Waals surface area (Å²) in [5, 5.41) is 2.94. The molecule has 0 bridgehead atoms. The van der Waals surface area contributed by atoms with Crippen LogP contribution in [0.15, 0.2) is 29.2 Å². The lowest BCUT2D eigenvalue weighted by Gasteiger charge is -2.31. The highest BCUT2D eigenvalue weighted by Gasteiger charge is 2.31. The van der Waals surface area contributed by atoms with Gasteiger partial charge in [0.25, 0.3) is 5.91 Å². The lowest BCUT2D eigenvalue weighted by atomic mass is 10.1. The Hall–Kier alpha value is -1.48. The van der Waals surface area contributed by atoms with E-state index >= 15 is 0 Å². The molecule has 0 spiro atoms. The van der Waals surface area contributed by atoms with E-state index in [1.54, 1.807) is 12.1 Å². The molecule has 1 amide bonds. The van der Waals surface area contributed by atoms with Gasteiger partial charge in [0.2, 0.25) is 10.0 Å². The van der Waals surface area contributed by atoms with Gasteiger partial charge in [-0.15, -0.1) is 0 Å². The summed E-state index contributed by atoms with van der Waals surface area (Å²) in [4.78, 5) is 13.6. The molecular formula is C20H32N3O4S+. The molecule has 0 radical (unpaired) electrons. The maximum Gasteiger partial charge on any atom is 0.275 e. The van der Waals surface area contributed by atoms with Crippen LogP contribution in [0.1, 0.15) is 31.7 Å². The Morgan fingerprint density at radius 1 is 1.25 bits per heavy atom. The molecule has 0 aromatic heterocycles. The quantitative estimate of drug-likeness (QED) is 0.623. The first-order chi connectivity index (χ1) is 13.5. The normalized spacial score (nSPS) is 21.7. The standard InChI is InChI=1S/C20H31N3O4S/c1-2-4-17-6-8-19(9-7-17)28(25,26)23-12-10-22(11-13-23)16-20(24)21-15-18-5-3-14-27-18/h6-9,18H,2-5,10-16H2,1H3,(H,21,24)/p+1/t18-/m0/s1. The predicted octanol–water partition coefficient (Wildman–Crippen LogP) is -0.176. The van der Waals surface area contributed by atoms with E-state index in [4.69, 9.17) is 4.74 Å². The molecule has 2 fully saturated rings. The van der Waals surface area contributed by atoms with Gasteiger partial charge in [-0.3, -0.25) is 4.79 Å². The van der Waals surface area contributed by atoms with Crippen molar-refractivity contribution in [3.8, 4) is 0 Å². The summed E-state index contributed by atoms with van der Waals surface area (Å²) in [6, 6.07) is 7.21. The van der Waals surface area contributed by atoms with E-state index in [1.807, 2.05) is 12.1 Å². The van der Waals surface area contributed by atoms with Crippen LogP contribution in [0, 0.1) is 0 Å². The molecule has 2 N–H and O–H groups in total. The predicted molar refractivity (Wildman–Crippen MR) is 107 cm³/mol. The second-order valence-electron chi connectivity index (χ2n) is 7.66. The van der Waals surface area contributed by atoms with Crippen LogP contribution in [0.25, 0.3) is 0 Å². The summed E-state index contributed by atoms with van der Waals surface area (Å²) in [6.45, 7) is 5.99. The van der Waals surface area contributed by atoms with Crippen LogP contribution >= 0.6 is 0 Å². The van der Waals surface area contributed by atoms with Crippen molar-refractivity contribution in [2.45, 2.75) is 43.6 Å². The van der Waals surface area contributed by atoms with Crippen LogP contribution < -0.4 is 10.2 Å². The van der Waals surface area contributed by atoms with E-state index in [1.165, 1.54) is 4.31 Å².